The molecule has 10 saturated heterocycles. The highest BCUT2D eigenvalue weighted by Crippen LogP contribution is 2.54. The highest BCUT2D eigenvalue weighted by molar-refractivity contribution is 5.70. The zero-order valence-corrected chi connectivity index (χ0v) is 31.4. The van der Waals surface area contributed by atoms with Crippen LogP contribution in [0.5, 0.6) is 0 Å². The van der Waals surface area contributed by atoms with Crippen LogP contribution in [0.15, 0.2) is 24.3 Å². The number of esters is 1. The Morgan fingerprint density at radius 3 is 2.35 bits per heavy atom. The van der Waals surface area contributed by atoms with E-state index in [1.54, 1.807) is 0 Å². The van der Waals surface area contributed by atoms with Crippen LogP contribution >= 0.6 is 0 Å². The topological polar surface area (TPSA) is 170 Å². The Morgan fingerprint density at radius 2 is 1.54 bits per heavy atom. The van der Waals surface area contributed by atoms with Crippen LogP contribution in [0, 0.1) is 5.92 Å². The van der Waals surface area contributed by atoms with Crippen LogP contribution in [0.1, 0.15) is 84.0 Å². The van der Waals surface area contributed by atoms with Crippen molar-refractivity contribution in [1.29, 1.82) is 0 Å². The van der Waals surface area contributed by atoms with Crippen molar-refractivity contribution in [1.82, 2.24) is 0 Å². The average Bonchev–Trinajstić information content (AvgIpc) is 3.73. The zero-order valence-electron chi connectivity index (χ0n) is 31.4. The van der Waals surface area contributed by atoms with E-state index < -0.39 is 79.4 Å². The Hall–Kier alpha value is -1.53. The van der Waals surface area contributed by atoms with E-state index in [1.165, 1.54) is 7.11 Å². The number of rotatable bonds is 4. The first-order chi connectivity index (χ1) is 26.0. The normalized spacial score (nSPS) is 52.4. The molecule has 0 amide bonds. The minimum Gasteiger partial charge on any atom is -0.457 e. The lowest BCUT2D eigenvalue weighted by molar-refractivity contribution is -0.293. The second-order valence-electron chi connectivity index (χ2n) is 17.4. The number of aliphatic hydroxyl groups is 3. The molecule has 0 aromatic rings. The second-order valence-corrected chi connectivity index (χ2v) is 17.4. The molecule has 10 fully saturated rings. The summed E-state index contributed by atoms with van der Waals surface area (Å²) < 4.78 is 65.4. The van der Waals surface area contributed by atoms with Gasteiger partial charge in [-0.2, -0.15) is 0 Å². The fourth-order valence-corrected chi connectivity index (χ4v) is 11.0. The summed E-state index contributed by atoms with van der Waals surface area (Å²) in [5, 5.41) is 31.4. The Morgan fingerprint density at radius 1 is 0.796 bits per heavy atom. The smallest absolute Gasteiger partial charge is 0.308 e. The molecule has 10 rings (SSSR count). The molecular weight excluding hydrogens is 704 g/mol. The summed E-state index contributed by atoms with van der Waals surface area (Å²) in [5.74, 6) is -1.18. The first-order valence-electron chi connectivity index (χ1n) is 20.4. The van der Waals surface area contributed by atoms with E-state index in [4.69, 9.17) is 47.4 Å². The molecule has 302 valence electrons. The van der Waals surface area contributed by atoms with E-state index in [-0.39, 0.29) is 67.6 Å². The molecule has 0 aromatic carbocycles. The first-order valence-corrected chi connectivity index (χ1v) is 20.4. The molecule has 0 radical (unpaired) electrons. The fourth-order valence-electron chi connectivity index (χ4n) is 11.0. The predicted octanol–water partition coefficient (Wildman–Crippen LogP) is 2.17. The molecule has 20 atom stereocenters. The Labute approximate surface area is 316 Å². The molecule has 14 heteroatoms. The fraction of sp³-hybridized carbons (Fsp3) is 0.875. The third-order valence-corrected chi connectivity index (χ3v) is 13.8. The molecule has 14 nitrogen and oxygen atoms in total. The monoisotopic (exact) mass is 762 g/mol. The van der Waals surface area contributed by atoms with Crippen molar-refractivity contribution in [3.8, 4) is 0 Å². The summed E-state index contributed by atoms with van der Waals surface area (Å²) >= 11 is 0. The highest BCUT2D eigenvalue weighted by Gasteiger charge is 2.68. The summed E-state index contributed by atoms with van der Waals surface area (Å²) in [4.78, 5) is 13.9. The number of aliphatic hydroxyl groups excluding tert-OH is 3. The third kappa shape index (κ3) is 6.93. The lowest BCUT2D eigenvalue weighted by Crippen LogP contribution is -2.62. The maximum atomic E-state index is 13.9. The second kappa shape index (κ2) is 15.0. The summed E-state index contributed by atoms with van der Waals surface area (Å²) in [6.07, 6.45) is -2.30. The van der Waals surface area contributed by atoms with Crippen molar-refractivity contribution in [2.45, 2.75) is 200 Å². The number of hydrogen-bond donors (Lipinski definition) is 3. The number of carbonyl (C=O) groups excluding carboxylic acids is 1. The molecule has 0 saturated carbocycles. The Kier molecular flexibility index (Phi) is 10.6. The van der Waals surface area contributed by atoms with Gasteiger partial charge in [-0.15, -0.1) is 0 Å². The van der Waals surface area contributed by atoms with Crippen molar-refractivity contribution in [3.63, 3.8) is 0 Å². The molecule has 3 N–H and O–H groups in total. The SMILES string of the molecule is C=C1C[C@@H]2CC[C@@]34C[C@H]5O[C@@H]6C(O[C@H]7CC[C@H](CC(=O)O[C@@H]8[C@@H](OC)[C@@H](O)[C@@H](CC(O)CO)O[C@H]8C[C@H]8O[C@@H](CC[C@@H]1O2)C[C@@H](C)C8=C)O[C@@H]7[C@@H]6O3)[C@H]5O4. The Bertz CT molecular complexity index is 1430. The highest BCUT2D eigenvalue weighted by atomic mass is 16.8. The van der Waals surface area contributed by atoms with Crippen LogP contribution in [-0.4, -0.2) is 151 Å². The van der Waals surface area contributed by atoms with Crippen LogP contribution in [-0.2, 0) is 52.2 Å². The van der Waals surface area contributed by atoms with Gasteiger partial charge in [0.05, 0.1) is 68.0 Å². The van der Waals surface area contributed by atoms with E-state index in [9.17, 15) is 20.1 Å². The van der Waals surface area contributed by atoms with Gasteiger partial charge >= 0.3 is 5.97 Å². The number of carbonyl (C=O) groups is 1. The van der Waals surface area contributed by atoms with Gasteiger partial charge in [-0.3, -0.25) is 4.79 Å². The lowest BCUT2D eigenvalue weighted by atomic mass is 9.82. The summed E-state index contributed by atoms with van der Waals surface area (Å²) in [6.45, 7) is 10.5. The zero-order chi connectivity index (χ0) is 37.5. The number of ether oxygens (including phenoxy) is 10. The van der Waals surface area contributed by atoms with E-state index in [0.29, 0.717) is 32.1 Å². The van der Waals surface area contributed by atoms with E-state index >= 15 is 0 Å². The van der Waals surface area contributed by atoms with Crippen LogP contribution in [0.2, 0.25) is 0 Å². The van der Waals surface area contributed by atoms with Gasteiger partial charge in [-0.1, -0.05) is 20.1 Å². The van der Waals surface area contributed by atoms with E-state index in [1.807, 2.05) is 0 Å². The maximum absolute atomic E-state index is 13.9. The molecule has 54 heavy (non-hydrogen) atoms. The van der Waals surface area contributed by atoms with Gasteiger partial charge in [0.15, 0.2) is 11.9 Å². The van der Waals surface area contributed by atoms with Crippen LogP contribution in [0.25, 0.3) is 0 Å². The molecule has 12 bridgehead atoms. The quantitative estimate of drug-likeness (QED) is 0.281. The largest absolute Gasteiger partial charge is 0.457 e. The van der Waals surface area contributed by atoms with Crippen molar-refractivity contribution in [3.05, 3.63) is 24.3 Å². The molecule has 10 heterocycles. The minimum absolute atomic E-state index is 0.00494. The molecule has 0 aliphatic carbocycles. The molecule has 2 unspecified atom stereocenters. The standard InChI is InChI=1S/C40H58O14/c1-18-11-22-5-7-25-19(2)12-24(46-25)9-10-40-16-30-35(53-40)37-38(51-30)39(54-40)33-26(50-37)8-6-23(48-33)14-31(43)52-34-29(15-27(47-22)20(18)3)49-28(13-21(42)17-41)32(44)36(34)45-4/h18,21-30,32-39,41-42,44H,2-3,5-17H2,1,4H3/t18-,21?,22+,23-,24+,25+,26+,27-,28-,29+,30-,32+,33+,34+,35+,36+,37?,38-,39+,40+/m1/s1. The molecule has 10 aliphatic rings. The van der Waals surface area contributed by atoms with Crippen molar-refractivity contribution >= 4 is 5.97 Å². The molecular formula is C40H58O14. The molecule has 0 aromatic heterocycles. The summed E-state index contributed by atoms with van der Waals surface area (Å²) in [6, 6.07) is 0. The van der Waals surface area contributed by atoms with E-state index in [0.717, 1.165) is 43.3 Å². The summed E-state index contributed by atoms with van der Waals surface area (Å²) in [5.41, 5.74) is 2.01. The van der Waals surface area contributed by atoms with Gasteiger partial charge in [0.2, 0.25) is 0 Å². The van der Waals surface area contributed by atoms with Gasteiger partial charge in [0.25, 0.3) is 0 Å². The van der Waals surface area contributed by atoms with Crippen LogP contribution in [0.3, 0.4) is 0 Å². The number of fused-ring (bicyclic) bond motifs is 6. The van der Waals surface area contributed by atoms with Crippen molar-refractivity contribution in [2.24, 2.45) is 5.92 Å². The van der Waals surface area contributed by atoms with Crippen LogP contribution in [0.4, 0.5) is 0 Å². The van der Waals surface area contributed by atoms with Gasteiger partial charge in [-0.25, -0.2) is 0 Å². The maximum Gasteiger partial charge on any atom is 0.308 e. The average molecular weight is 763 g/mol. The van der Waals surface area contributed by atoms with Gasteiger partial charge in [0.1, 0.15) is 48.8 Å². The predicted molar refractivity (Wildman–Crippen MR) is 187 cm³/mol. The van der Waals surface area contributed by atoms with Crippen molar-refractivity contribution < 1.29 is 67.5 Å². The number of methoxy groups -OCH3 is 1. The molecule has 10 aliphatic heterocycles. The first kappa shape index (κ1) is 38.0. The minimum atomic E-state index is -1.24. The van der Waals surface area contributed by atoms with Gasteiger partial charge < -0.3 is 62.7 Å². The lowest BCUT2D eigenvalue weighted by Gasteiger charge is -2.48. The third-order valence-electron chi connectivity index (χ3n) is 13.8. The Balaban J connectivity index is 1.00. The number of hydrogen-bond acceptors (Lipinski definition) is 14. The van der Waals surface area contributed by atoms with Gasteiger partial charge in [0, 0.05) is 32.8 Å². The van der Waals surface area contributed by atoms with Gasteiger partial charge in [-0.05, 0) is 62.0 Å². The van der Waals surface area contributed by atoms with E-state index in [2.05, 4.69) is 20.1 Å². The molecule has 1 spiro atoms. The van der Waals surface area contributed by atoms with Crippen molar-refractivity contribution in [2.75, 3.05) is 13.7 Å². The van der Waals surface area contributed by atoms with Crippen LogP contribution < -0.4 is 0 Å². The summed E-state index contributed by atoms with van der Waals surface area (Å²) in [7, 11) is 1.45.